The predicted molar refractivity (Wildman–Crippen MR) is 104 cm³/mol. The molecule has 0 saturated carbocycles. The average Bonchev–Trinajstić information content (AvgIpc) is 3.27. The molecular formula is C21H22N4O4. The van der Waals surface area contributed by atoms with Crippen molar-refractivity contribution < 1.29 is 18.8 Å². The van der Waals surface area contributed by atoms with Crippen LogP contribution >= 0.6 is 0 Å². The van der Waals surface area contributed by atoms with E-state index in [0.29, 0.717) is 41.9 Å². The van der Waals surface area contributed by atoms with Gasteiger partial charge in [-0.1, -0.05) is 17.3 Å². The van der Waals surface area contributed by atoms with Crippen LogP contribution in [0.15, 0.2) is 53.3 Å². The molecule has 1 fully saturated rings. The number of pyridine rings is 1. The van der Waals surface area contributed by atoms with E-state index >= 15 is 0 Å². The number of amides is 1. The lowest BCUT2D eigenvalue weighted by Gasteiger charge is -2.31. The van der Waals surface area contributed by atoms with E-state index in [1.54, 1.807) is 37.7 Å². The van der Waals surface area contributed by atoms with Crippen LogP contribution in [0, 0.1) is 0 Å². The number of para-hydroxylation sites is 1. The number of likely N-dealkylation sites (tertiary alicyclic amines) is 1. The number of nitrogens with zero attached hydrogens (tertiary/aromatic N) is 4. The van der Waals surface area contributed by atoms with Crippen LogP contribution in [0.4, 0.5) is 0 Å². The van der Waals surface area contributed by atoms with E-state index in [-0.39, 0.29) is 18.4 Å². The summed E-state index contributed by atoms with van der Waals surface area (Å²) in [7, 11) is 1.57. The summed E-state index contributed by atoms with van der Waals surface area (Å²) in [5, 5.41) is 4.10. The number of methoxy groups -OCH3 is 1. The molecule has 1 amide bonds. The maximum atomic E-state index is 12.8. The first-order valence-electron chi connectivity index (χ1n) is 9.52. The fourth-order valence-corrected chi connectivity index (χ4v) is 3.40. The van der Waals surface area contributed by atoms with Gasteiger partial charge in [0.1, 0.15) is 11.5 Å². The van der Waals surface area contributed by atoms with Crippen LogP contribution < -0.4 is 9.47 Å². The second-order valence-electron chi connectivity index (χ2n) is 6.79. The van der Waals surface area contributed by atoms with E-state index in [0.717, 1.165) is 12.8 Å². The number of hydrogen-bond donors (Lipinski definition) is 0. The zero-order valence-electron chi connectivity index (χ0n) is 16.2. The van der Waals surface area contributed by atoms with E-state index in [2.05, 4.69) is 15.1 Å². The Bertz CT molecular complexity index is 952. The van der Waals surface area contributed by atoms with Gasteiger partial charge < -0.3 is 18.9 Å². The minimum absolute atomic E-state index is 0.0143. The largest absolute Gasteiger partial charge is 0.496 e. The highest BCUT2D eigenvalue weighted by Gasteiger charge is 2.28. The van der Waals surface area contributed by atoms with Crippen LogP contribution in [0.1, 0.15) is 40.8 Å². The van der Waals surface area contributed by atoms with Gasteiger partial charge >= 0.3 is 0 Å². The first kappa shape index (κ1) is 18.9. The average molecular weight is 394 g/mol. The fraction of sp³-hybridized carbons (Fsp3) is 0.333. The molecule has 1 aromatic carbocycles. The summed E-state index contributed by atoms with van der Waals surface area (Å²) in [6, 6.07) is 10.9. The standard InChI is InChI=1S/C21H22N4O4/c1-27-18-7-3-2-6-17(18)21(26)25-11-8-15(9-12-25)20-23-19(29-24-20)14-28-16-5-4-10-22-13-16/h2-7,10,13,15H,8-9,11-12,14H2,1H3. The van der Waals surface area contributed by atoms with Crippen LogP contribution in [0.3, 0.4) is 0 Å². The van der Waals surface area contributed by atoms with E-state index in [1.807, 2.05) is 23.1 Å². The van der Waals surface area contributed by atoms with Crippen LogP contribution in [0.25, 0.3) is 0 Å². The molecule has 1 aliphatic rings. The summed E-state index contributed by atoms with van der Waals surface area (Å²) >= 11 is 0. The van der Waals surface area contributed by atoms with Gasteiger partial charge in [-0.2, -0.15) is 4.98 Å². The van der Waals surface area contributed by atoms with Crippen LogP contribution in [-0.4, -0.2) is 46.1 Å². The second kappa shape index (κ2) is 8.72. The first-order valence-corrected chi connectivity index (χ1v) is 9.52. The Labute approximate surface area is 168 Å². The van der Waals surface area contributed by atoms with Gasteiger partial charge in [-0.05, 0) is 37.1 Å². The first-order chi connectivity index (χ1) is 14.2. The van der Waals surface area contributed by atoms with Crippen molar-refractivity contribution >= 4 is 5.91 Å². The van der Waals surface area contributed by atoms with Crippen molar-refractivity contribution in [3.8, 4) is 11.5 Å². The quantitative estimate of drug-likeness (QED) is 0.634. The number of benzene rings is 1. The molecule has 0 bridgehead atoms. The number of piperidine rings is 1. The zero-order chi connectivity index (χ0) is 20.1. The molecule has 0 N–H and O–H groups in total. The third-order valence-corrected chi connectivity index (χ3v) is 4.97. The molecule has 0 spiro atoms. The number of rotatable bonds is 6. The van der Waals surface area contributed by atoms with Gasteiger partial charge in [0.25, 0.3) is 11.8 Å². The Morgan fingerprint density at radius 1 is 1.21 bits per heavy atom. The number of hydrogen-bond acceptors (Lipinski definition) is 7. The Hall–Kier alpha value is -3.42. The normalized spacial score (nSPS) is 14.6. The zero-order valence-corrected chi connectivity index (χ0v) is 16.2. The smallest absolute Gasteiger partial charge is 0.264 e. The molecule has 0 unspecified atom stereocenters. The third-order valence-electron chi connectivity index (χ3n) is 4.97. The van der Waals surface area contributed by atoms with E-state index in [4.69, 9.17) is 14.0 Å². The Balaban J connectivity index is 1.33. The molecule has 1 saturated heterocycles. The monoisotopic (exact) mass is 394 g/mol. The molecule has 150 valence electrons. The molecule has 8 nitrogen and oxygen atoms in total. The van der Waals surface area contributed by atoms with Crippen molar-refractivity contribution in [2.45, 2.75) is 25.4 Å². The number of carbonyl (C=O) groups excluding carboxylic acids is 1. The summed E-state index contributed by atoms with van der Waals surface area (Å²) in [6.07, 6.45) is 4.88. The molecule has 0 atom stereocenters. The maximum Gasteiger partial charge on any atom is 0.264 e. The van der Waals surface area contributed by atoms with Crippen molar-refractivity contribution in [1.29, 1.82) is 0 Å². The summed E-state index contributed by atoms with van der Waals surface area (Å²) < 4.78 is 16.2. The number of carbonyl (C=O) groups is 1. The van der Waals surface area contributed by atoms with Gasteiger partial charge in [0, 0.05) is 25.2 Å². The Kier molecular flexibility index (Phi) is 5.69. The van der Waals surface area contributed by atoms with Crippen molar-refractivity contribution in [1.82, 2.24) is 20.0 Å². The lowest BCUT2D eigenvalue weighted by atomic mass is 9.95. The summed E-state index contributed by atoms with van der Waals surface area (Å²) in [6.45, 7) is 1.47. The van der Waals surface area contributed by atoms with Crippen molar-refractivity contribution in [3.63, 3.8) is 0 Å². The Morgan fingerprint density at radius 3 is 2.79 bits per heavy atom. The summed E-state index contributed by atoms with van der Waals surface area (Å²) in [4.78, 5) is 23.1. The van der Waals surface area contributed by atoms with Gasteiger partial charge in [-0.25, -0.2) is 0 Å². The van der Waals surface area contributed by atoms with Gasteiger partial charge in [0.2, 0.25) is 0 Å². The Morgan fingerprint density at radius 2 is 2.03 bits per heavy atom. The van der Waals surface area contributed by atoms with Crippen LogP contribution in [-0.2, 0) is 6.61 Å². The molecule has 3 aromatic rings. The van der Waals surface area contributed by atoms with Crippen molar-refractivity contribution in [3.05, 3.63) is 66.1 Å². The van der Waals surface area contributed by atoms with Gasteiger partial charge in [0.15, 0.2) is 12.4 Å². The van der Waals surface area contributed by atoms with Crippen LogP contribution in [0.5, 0.6) is 11.5 Å². The molecular weight excluding hydrogens is 372 g/mol. The second-order valence-corrected chi connectivity index (χ2v) is 6.79. The number of ether oxygens (including phenoxy) is 2. The van der Waals surface area contributed by atoms with E-state index in [9.17, 15) is 4.79 Å². The van der Waals surface area contributed by atoms with E-state index < -0.39 is 0 Å². The van der Waals surface area contributed by atoms with Crippen molar-refractivity contribution in [2.75, 3.05) is 20.2 Å². The minimum atomic E-state index is -0.0143. The van der Waals surface area contributed by atoms with Crippen molar-refractivity contribution in [2.24, 2.45) is 0 Å². The van der Waals surface area contributed by atoms with Gasteiger partial charge in [-0.15, -0.1) is 0 Å². The fourth-order valence-electron chi connectivity index (χ4n) is 3.40. The molecule has 1 aliphatic heterocycles. The highest BCUT2D eigenvalue weighted by Crippen LogP contribution is 2.28. The highest BCUT2D eigenvalue weighted by atomic mass is 16.5. The van der Waals surface area contributed by atoms with Gasteiger partial charge in [-0.3, -0.25) is 9.78 Å². The lowest BCUT2D eigenvalue weighted by Crippen LogP contribution is -2.38. The molecule has 2 aromatic heterocycles. The third kappa shape index (κ3) is 4.37. The van der Waals surface area contributed by atoms with E-state index in [1.165, 1.54) is 0 Å². The predicted octanol–water partition coefficient (Wildman–Crippen LogP) is 3.07. The molecule has 3 heterocycles. The minimum Gasteiger partial charge on any atom is -0.496 e. The molecule has 8 heteroatoms. The SMILES string of the molecule is COc1ccccc1C(=O)N1CCC(c2noc(COc3cccnc3)n2)CC1. The highest BCUT2D eigenvalue weighted by molar-refractivity contribution is 5.97. The summed E-state index contributed by atoms with van der Waals surface area (Å²) in [5.74, 6) is 2.48. The van der Waals surface area contributed by atoms with Gasteiger partial charge in [0.05, 0.1) is 18.9 Å². The topological polar surface area (TPSA) is 90.6 Å². The maximum absolute atomic E-state index is 12.8. The van der Waals surface area contributed by atoms with Crippen LogP contribution in [0.2, 0.25) is 0 Å². The molecule has 4 rings (SSSR count). The molecule has 0 radical (unpaired) electrons. The molecule has 29 heavy (non-hydrogen) atoms. The number of aromatic nitrogens is 3. The molecule has 0 aliphatic carbocycles. The lowest BCUT2D eigenvalue weighted by molar-refractivity contribution is 0.0707. The summed E-state index contributed by atoms with van der Waals surface area (Å²) in [5.41, 5.74) is 0.586.